The molecule has 0 aliphatic carbocycles. The zero-order valence-electron chi connectivity index (χ0n) is 12.2. The van der Waals surface area contributed by atoms with E-state index in [0.717, 1.165) is 19.6 Å². The van der Waals surface area contributed by atoms with Gasteiger partial charge in [0.2, 0.25) is 0 Å². The Balaban J connectivity index is 1.99. The fourth-order valence-electron chi connectivity index (χ4n) is 1.97. The summed E-state index contributed by atoms with van der Waals surface area (Å²) < 4.78 is 0. The van der Waals surface area contributed by atoms with Gasteiger partial charge in [0, 0.05) is 19.1 Å². The first-order valence-corrected chi connectivity index (χ1v) is 7.19. The summed E-state index contributed by atoms with van der Waals surface area (Å²) in [5.41, 5.74) is 1.44. The van der Waals surface area contributed by atoms with Gasteiger partial charge in [0.05, 0.1) is 0 Å². The number of rotatable bonds is 9. The number of aryl methyl sites for hydroxylation is 1. The van der Waals surface area contributed by atoms with Crippen LogP contribution in [0.3, 0.4) is 0 Å². The van der Waals surface area contributed by atoms with Crippen LogP contribution in [-0.2, 0) is 6.42 Å². The molecule has 1 unspecified atom stereocenters. The summed E-state index contributed by atoms with van der Waals surface area (Å²) in [7, 11) is 2.21. The number of nitrogens with zero attached hydrogens (tertiary/aromatic N) is 1. The first kappa shape index (κ1) is 15.2. The fraction of sp³-hybridized carbons (Fsp3) is 0.625. The Morgan fingerprint density at radius 3 is 2.56 bits per heavy atom. The Bertz CT molecular complexity index is 297. The molecule has 1 aromatic carbocycles. The summed E-state index contributed by atoms with van der Waals surface area (Å²) in [6, 6.07) is 11.4. The van der Waals surface area contributed by atoms with Crippen molar-refractivity contribution in [3.63, 3.8) is 0 Å². The third-order valence-corrected chi connectivity index (χ3v) is 3.65. The normalized spacial score (nSPS) is 12.9. The molecule has 0 aromatic heterocycles. The van der Waals surface area contributed by atoms with Crippen LogP contribution < -0.4 is 5.32 Å². The van der Waals surface area contributed by atoms with Crippen molar-refractivity contribution in [2.45, 2.75) is 39.2 Å². The first-order valence-electron chi connectivity index (χ1n) is 7.19. The Kier molecular flexibility index (Phi) is 7.70. The van der Waals surface area contributed by atoms with Gasteiger partial charge in [-0.3, -0.25) is 0 Å². The van der Waals surface area contributed by atoms with Gasteiger partial charge in [-0.1, -0.05) is 37.3 Å². The topological polar surface area (TPSA) is 15.3 Å². The van der Waals surface area contributed by atoms with E-state index in [1.165, 1.54) is 24.8 Å². The van der Waals surface area contributed by atoms with Crippen molar-refractivity contribution in [2.24, 2.45) is 0 Å². The molecule has 102 valence electrons. The van der Waals surface area contributed by atoms with Crippen molar-refractivity contribution in [3.8, 4) is 0 Å². The highest BCUT2D eigenvalue weighted by Crippen LogP contribution is 2.01. The molecule has 0 saturated carbocycles. The minimum atomic E-state index is 0.691. The van der Waals surface area contributed by atoms with Crippen molar-refractivity contribution in [1.82, 2.24) is 10.2 Å². The average Bonchev–Trinajstić information content (AvgIpc) is 2.42. The number of nitrogens with one attached hydrogen (secondary N) is 1. The Hall–Kier alpha value is -0.860. The van der Waals surface area contributed by atoms with Gasteiger partial charge in [0.25, 0.3) is 0 Å². The van der Waals surface area contributed by atoms with E-state index in [9.17, 15) is 0 Å². The van der Waals surface area contributed by atoms with Crippen molar-refractivity contribution in [3.05, 3.63) is 35.9 Å². The Labute approximate surface area is 112 Å². The maximum absolute atomic E-state index is 3.52. The number of hydrogen-bond donors (Lipinski definition) is 1. The highest BCUT2D eigenvalue weighted by atomic mass is 15.1. The lowest BCUT2D eigenvalue weighted by Crippen LogP contribution is -2.35. The van der Waals surface area contributed by atoms with Crippen LogP contribution in [0, 0.1) is 0 Å². The minimum Gasteiger partial charge on any atom is -0.315 e. The van der Waals surface area contributed by atoms with Crippen LogP contribution in [0.15, 0.2) is 30.3 Å². The molecule has 0 radical (unpaired) electrons. The maximum Gasteiger partial charge on any atom is 0.0107 e. The standard InChI is InChI=1S/C16H28N2/c1-4-15(2)18(3)14-13-17-12-8-11-16-9-6-5-7-10-16/h5-7,9-10,15,17H,4,8,11-14H2,1-3H3. The van der Waals surface area contributed by atoms with Gasteiger partial charge < -0.3 is 10.2 Å². The SMILES string of the molecule is CCC(C)N(C)CCNCCCc1ccccc1. The molecule has 0 aliphatic rings. The molecule has 2 nitrogen and oxygen atoms in total. The van der Waals surface area contributed by atoms with Crippen molar-refractivity contribution in [1.29, 1.82) is 0 Å². The molecule has 0 amide bonds. The van der Waals surface area contributed by atoms with Crippen LogP contribution in [0.1, 0.15) is 32.3 Å². The van der Waals surface area contributed by atoms with E-state index >= 15 is 0 Å². The van der Waals surface area contributed by atoms with E-state index in [0.29, 0.717) is 6.04 Å². The van der Waals surface area contributed by atoms with Gasteiger partial charge in [-0.05, 0) is 45.3 Å². The zero-order chi connectivity index (χ0) is 13.2. The van der Waals surface area contributed by atoms with Crippen LogP contribution in [-0.4, -0.2) is 37.6 Å². The Morgan fingerprint density at radius 2 is 1.89 bits per heavy atom. The van der Waals surface area contributed by atoms with E-state index in [1.807, 2.05) is 0 Å². The predicted molar refractivity (Wildman–Crippen MR) is 80.0 cm³/mol. The minimum absolute atomic E-state index is 0.691. The molecule has 1 aromatic rings. The molecule has 0 aliphatic heterocycles. The van der Waals surface area contributed by atoms with Crippen molar-refractivity contribution in [2.75, 3.05) is 26.7 Å². The second-order valence-electron chi connectivity index (χ2n) is 5.08. The van der Waals surface area contributed by atoms with Gasteiger partial charge >= 0.3 is 0 Å². The molecule has 0 heterocycles. The molecule has 0 bridgehead atoms. The molecular formula is C16H28N2. The summed E-state index contributed by atoms with van der Waals surface area (Å²) in [4.78, 5) is 2.42. The summed E-state index contributed by atoms with van der Waals surface area (Å²) >= 11 is 0. The summed E-state index contributed by atoms with van der Waals surface area (Å²) in [5.74, 6) is 0. The third-order valence-electron chi connectivity index (χ3n) is 3.65. The van der Waals surface area contributed by atoms with Crippen molar-refractivity contribution >= 4 is 0 Å². The average molecular weight is 248 g/mol. The fourth-order valence-corrected chi connectivity index (χ4v) is 1.97. The lowest BCUT2D eigenvalue weighted by atomic mass is 10.1. The highest BCUT2D eigenvalue weighted by molar-refractivity contribution is 5.14. The molecular weight excluding hydrogens is 220 g/mol. The smallest absolute Gasteiger partial charge is 0.0107 e. The van der Waals surface area contributed by atoms with Crippen LogP contribution in [0.2, 0.25) is 0 Å². The van der Waals surface area contributed by atoms with E-state index in [2.05, 4.69) is 61.4 Å². The second-order valence-corrected chi connectivity index (χ2v) is 5.08. The number of hydrogen-bond acceptors (Lipinski definition) is 2. The molecule has 0 saturated heterocycles. The van der Waals surface area contributed by atoms with Gasteiger partial charge in [-0.15, -0.1) is 0 Å². The molecule has 1 N–H and O–H groups in total. The quantitative estimate of drug-likeness (QED) is 0.676. The molecule has 0 spiro atoms. The monoisotopic (exact) mass is 248 g/mol. The van der Waals surface area contributed by atoms with Crippen molar-refractivity contribution < 1.29 is 0 Å². The maximum atomic E-state index is 3.52. The van der Waals surface area contributed by atoms with E-state index in [-0.39, 0.29) is 0 Å². The van der Waals surface area contributed by atoms with Gasteiger partial charge in [0.15, 0.2) is 0 Å². The van der Waals surface area contributed by atoms with Crippen LogP contribution in [0.5, 0.6) is 0 Å². The van der Waals surface area contributed by atoms with Gasteiger partial charge in [0.1, 0.15) is 0 Å². The summed E-state index contributed by atoms with van der Waals surface area (Å²) in [6.07, 6.45) is 3.62. The number of benzene rings is 1. The van der Waals surface area contributed by atoms with Gasteiger partial charge in [-0.25, -0.2) is 0 Å². The second kappa shape index (κ2) is 9.12. The molecule has 2 heteroatoms. The molecule has 18 heavy (non-hydrogen) atoms. The first-order chi connectivity index (χ1) is 8.74. The lowest BCUT2D eigenvalue weighted by molar-refractivity contribution is 0.252. The van der Waals surface area contributed by atoms with Crippen LogP contribution in [0.25, 0.3) is 0 Å². The number of likely N-dealkylation sites (N-methyl/N-ethyl adjacent to an activating group) is 1. The highest BCUT2D eigenvalue weighted by Gasteiger charge is 2.04. The summed E-state index contributed by atoms with van der Waals surface area (Å²) in [5, 5.41) is 3.52. The van der Waals surface area contributed by atoms with Crippen LogP contribution >= 0.6 is 0 Å². The summed E-state index contributed by atoms with van der Waals surface area (Å²) in [6.45, 7) is 7.88. The van der Waals surface area contributed by atoms with E-state index < -0.39 is 0 Å². The van der Waals surface area contributed by atoms with Crippen LogP contribution in [0.4, 0.5) is 0 Å². The van der Waals surface area contributed by atoms with E-state index in [1.54, 1.807) is 0 Å². The predicted octanol–water partition coefficient (Wildman–Crippen LogP) is 2.94. The molecule has 0 fully saturated rings. The molecule has 1 atom stereocenters. The van der Waals surface area contributed by atoms with Gasteiger partial charge in [-0.2, -0.15) is 0 Å². The van der Waals surface area contributed by atoms with E-state index in [4.69, 9.17) is 0 Å². The zero-order valence-corrected chi connectivity index (χ0v) is 12.2. The lowest BCUT2D eigenvalue weighted by Gasteiger charge is -2.23. The largest absolute Gasteiger partial charge is 0.315 e. The Morgan fingerprint density at radius 1 is 1.17 bits per heavy atom. The third kappa shape index (κ3) is 6.18. The molecule has 1 rings (SSSR count).